The van der Waals surface area contributed by atoms with E-state index in [1.165, 1.54) is 7.11 Å². The summed E-state index contributed by atoms with van der Waals surface area (Å²) >= 11 is 3.37. The topological polar surface area (TPSA) is 65.2 Å². The monoisotopic (exact) mass is 325 g/mol. The van der Waals surface area contributed by atoms with Crippen LogP contribution >= 0.6 is 15.9 Å². The standard InChI is InChI=1S/C12H12BrN3O3/c1-3-19-12(17)11(15-18-2)9-7-16-6-8(13)4-5-10(16)14-9/h4-7H,3H2,1-2H3/b15-11-. The van der Waals surface area contributed by atoms with E-state index in [-0.39, 0.29) is 12.3 Å². The van der Waals surface area contributed by atoms with Crippen molar-refractivity contribution in [3.8, 4) is 0 Å². The summed E-state index contributed by atoms with van der Waals surface area (Å²) in [6.45, 7) is 1.99. The van der Waals surface area contributed by atoms with Gasteiger partial charge < -0.3 is 14.0 Å². The molecule has 2 aromatic rings. The molecule has 0 aliphatic rings. The van der Waals surface area contributed by atoms with Crippen LogP contribution in [-0.2, 0) is 14.4 Å². The predicted octanol–water partition coefficient (Wildman–Crippen LogP) is 2.01. The normalized spacial score (nSPS) is 11.6. The van der Waals surface area contributed by atoms with Crippen LogP contribution in [0.15, 0.2) is 34.2 Å². The van der Waals surface area contributed by atoms with E-state index in [0.29, 0.717) is 11.3 Å². The summed E-state index contributed by atoms with van der Waals surface area (Å²) in [6.07, 6.45) is 3.52. The summed E-state index contributed by atoms with van der Waals surface area (Å²) < 4.78 is 7.61. The Labute approximate surface area is 118 Å². The van der Waals surface area contributed by atoms with Gasteiger partial charge in [0.1, 0.15) is 18.5 Å². The summed E-state index contributed by atoms with van der Waals surface area (Å²) in [7, 11) is 1.37. The van der Waals surface area contributed by atoms with Gasteiger partial charge in [-0.25, -0.2) is 9.78 Å². The molecule has 0 amide bonds. The second-order valence-corrected chi connectivity index (χ2v) is 4.50. The molecule has 0 fully saturated rings. The second kappa shape index (κ2) is 5.83. The molecule has 2 aromatic heterocycles. The highest BCUT2D eigenvalue weighted by atomic mass is 79.9. The lowest BCUT2D eigenvalue weighted by Gasteiger charge is -2.01. The number of fused-ring (bicyclic) bond motifs is 1. The Morgan fingerprint density at radius 3 is 2.95 bits per heavy atom. The number of hydrogen-bond donors (Lipinski definition) is 0. The molecule has 0 aliphatic carbocycles. The van der Waals surface area contributed by atoms with Gasteiger partial charge in [0.15, 0.2) is 0 Å². The maximum absolute atomic E-state index is 11.8. The van der Waals surface area contributed by atoms with E-state index >= 15 is 0 Å². The van der Waals surface area contributed by atoms with Gasteiger partial charge >= 0.3 is 5.97 Å². The minimum atomic E-state index is -0.563. The van der Waals surface area contributed by atoms with Crippen LogP contribution in [0.1, 0.15) is 12.6 Å². The minimum Gasteiger partial charge on any atom is -0.461 e. The molecule has 100 valence electrons. The van der Waals surface area contributed by atoms with Crippen molar-refractivity contribution < 1.29 is 14.4 Å². The number of ether oxygens (including phenoxy) is 1. The zero-order valence-corrected chi connectivity index (χ0v) is 12.0. The van der Waals surface area contributed by atoms with Crippen molar-refractivity contribution in [2.45, 2.75) is 6.92 Å². The molecule has 0 unspecified atom stereocenters. The van der Waals surface area contributed by atoms with Gasteiger partial charge in [-0.2, -0.15) is 0 Å². The highest BCUT2D eigenvalue weighted by Crippen LogP contribution is 2.13. The molecule has 19 heavy (non-hydrogen) atoms. The predicted molar refractivity (Wildman–Crippen MR) is 73.1 cm³/mol. The molecule has 0 saturated heterocycles. The Kier molecular flexibility index (Phi) is 4.16. The zero-order chi connectivity index (χ0) is 13.8. The molecule has 0 atom stereocenters. The van der Waals surface area contributed by atoms with Crippen molar-refractivity contribution in [3.63, 3.8) is 0 Å². The summed E-state index contributed by atoms with van der Waals surface area (Å²) in [5, 5.41) is 3.69. The fourth-order valence-electron chi connectivity index (χ4n) is 1.56. The van der Waals surface area contributed by atoms with Crippen LogP contribution in [0.3, 0.4) is 0 Å². The van der Waals surface area contributed by atoms with Crippen molar-refractivity contribution in [1.29, 1.82) is 0 Å². The van der Waals surface area contributed by atoms with Crippen LogP contribution in [0, 0.1) is 0 Å². The van der Waals surface area contributed by atoms with Gasteiger partial charge in [-0.1, -0.05) is 5.16 Å². The van der Waals surface area contributed by atoms with Gasteiger partial charge in [0.25, 0.3) is 0 Å². The SMILES string of the molecule is CCOC(=O)/C(=N\OC)c1cn2cc(Br)ccc2n1. The molecule has 6 nitrogen and oxygen atoms in total. The summed E-state index contributed by atoms with van der Waals surface area (Å²) in [4.78, 5) is 20.8. The van der Waals surface area contributed by atoms with Crippen molar-refractivity contribution in [3.05, 3.63) is 34.7 Å². The van der Waals surface area contributed by atoms with E-state index < -0.39 is 5.97 Å². The number of esters is 1. The Hall–Kier alpha value is -1.89. The molecule has 0 spiro atoms. The Morgan fingerprint density at radius 1 is 1.47 bits per heavy atom. The number of nitrogens with zero attached hydrogens (tertiary/aromatic N) is 3. The highest BCUT2D eigenvalue weighted by Gasteiger charge is 2.19. The zero-order valence-electron chi connectivity index (χ0n) is 10.5. The van der Waals surface area contributed by atoms with E-state index in [4.69, 9.17) is 4.74 Å². The number of hydrogen-bond acceptors (Lipinski definition) is 5. The Balaban J connectivity index is 2.45. The fourth-order valence-corrected chi connectivity index (χ4v) is 1.91. The van der Waals surface area contributed by atoms with E-state index in [1.54, 1.807) is 17.5 Å². The molecule has 0 bridgehead atoms. The lowest BCUT2D eigenvalue weighted by molar-refractivity contribution is -0.135. The largest absolute Gasteiger partial charge is 0.461 e. The first-order valence-corrected chi connectivity index (χ1v) is 6.38. The maximum atomic E-state index is 11.8. The van der Waals surface area contributed by atoms with Gasteiger partial charge in [0.05, 0.1) is 6.61 Å². The number of pyridine rings is 1. The molecule has 0 saturated carbocycles. The van der Waals surface area contributed by atoms with Crippen LogP contribution in [-0.4, -0.2) is 34.8 Å². The number of oxime groups is 1. The van der Waals surface area contributed by atoms with Crippen molar-refractivity contribution in [2.75, 3.05) is 13.7 Å². The third kappa shape index (κ3) is 2.93. The molecule has 0 N–H and O–H groups in total. The van der Waals surface area contributed by atoms with Gasteiger partial charge in [-0.15, -0.1) is 0 Å². The first-order chi connectivity index (χ1) is 9.15. The van der Waals surface area contributed by atoms with Crippen LogP contribution in [0.5, 0.6) is 0 Å². The van der Waals surface area contributed by atoms with E-state index in [1.807, 2.05) is 18.3 Å². The molecule has 0 aliphatic heterocycles. The number of aromatic nitrogens is 2. The van der Waals surface area contributed by atoms with Crippen LogP contribution in [0.4, 0.5) is 0 Å². The first-order valence-electron chi connectivity index (χ1n) is 5.58. The average molecular weight is 326 g/mol. The van der Waals surface area contributed by atoms with E-state index in [9.17, 15) is 4.79 Å². The lowest BCUT2D eigenvalue weighted by atomic mass is 10.3. The van der Waals surface area contributed by atoms with E-state index in [2.05, 4.69) is 30.9 Å². The maximum Gasteiger partial charge on any atom is 0.362 e. The van der Waals surface area contributed by atoms with Crippen molar-refractivity contribution in [2.24, 2.45) is 5.16 Å². The molecule has 7 heteroatoms. The van der Waals surface area contributed by atoms with Crippen LogP contribution in [0.2, 0.25) is 0 Å². The third-order valence-electron chi connectivity index (χ3n) is 2.31. The van der Waals surface area contributed by atoms with Gasteiger partial charge in [-0.05, 0) is 35.0 Å². The Morgan fingerprint density at radius 2 is 2.26 bits per heavy atom. The van der Waals surface area contributed by atoms with Crippen LogP contribution < -0.4 is 0 Å². The number of imidazole rings is 1. The number of halogens is 1. The molecule has 2 heterocycles. The molecular formula is C12H12BrN3O3. The lowest BCUT2D eigenvalue weighted by Crippen LogP contribution is -2.19. The van der Waals surface area contributed by atoms with E-state index in [0.717, 1.165) is 4.47 Å². The van der Waals surface area contributed by atoms with Crippen LogP contribution in [0.25, 0.3) is 5.65 Å². The number of carbonyl (C=O) groups excluding carboxylic acids is 1. The summed E-state index contributed by atoms with van der Waals surface area (Å²) in [6, 6.07) is 3.69. The molecule has 2 rings (SSSR count). The molecule has 0 radical (unpaired) electrons. The third-order valence-corrected chi connectivity index (χ3v) is 2.78. The van der Waals surface area contributed by atoms with Gasteiger partial charge in [0.2, 0.25) is 5.71 Å². The minimum absolute atomic E-state index is 0.0455. The quantitative estimate of drug-likeness (QED) is 0.490. The average Bonchev–Trinajstić information content (AvgIpc) is 2.78. The van der Waals surface area contributed by atoms with Crippen molar-refractivity contribution in [1.82, 2.24) is 9.38 Å². The number of carbonyl (C=O) groups is 1. The summed E-state index contributed by atoms with van der Waals surface area (Å²) in [5.41, 5.74) is 1.15. The molecule has 0 aromatic carbocycles. The fraction of sp³-hybridized carbons (Fsp3) is 0.250. The summed E-state index contributed by atoms with van der Waals surface area (Å²) in [5.74, 6) is -0.563. The number of rotatable bonds is 4. The second-order valence-electron chi connectivity index (χ2n) is 3.58. The Bertz CT molecular complexity index is 636. The molecular weight excluding hydrogens is 314 g/mol. The van der Waals surface area contributed by atoms with Crippen molar-refractivity contribution >= 4 is 33.3 Å². The first kappa shape index (κ1) is 13.5. The van der Waals surface area contributed by atoms with Gasteiger partial charge in [-0.3, -0.25) is 0 Å². The smallest absolute Gasteiger partial charge is 0.362 e. The van der Waals surface area contributed by atoms with Gasteiger partial charge in [0, 0.05) is 16.9 Å². The highest BCUT2D eigenvalue weighted by molar-refractivity contribution is 9.10.